The summed E-state index contributed by atoms with van der Waals surface area (Å²) in [5.74, 6) is -3.85. The van der Waals surface area contributed by atoms with Gasteiger partial charge in [-0.05, 0) is 26.0 Å². The number of fused-ring (bicyclic) bond motifs is 3. The van der Waals surface area contributed by atoms with E-state index in [-0.39, 0.29) is 33.6 Å². The Balaban J connectivity index is 1.71. The number of ketones is 3. The van der Waals surface area contributed by atoms with Gasteiger partial charge < -0.3 is 49.2 Å². The number of aliphatic hydroxyl groups is 3. The van der Waals surface area contributed by atoms with Crippen molar-refractivity contribution in [1.82, 2.24) is 0 Å². The minimum absolute atomic E-state index is 0.102. The molecule has 3 aliphatic rings. The monoisotopic (exact) mass is 574 g/mol. The van der Waals surface area contributed by atoms with E-state index in [9.17, 15) is 39.9 Å². The van der Waals surface area contributed by atoms with Crippen LogP contribution < -0.4 is 4.74 Å². The fraction of sp³-hybridized carbons (Fsp3) is 0.464. The third-order valence-corrected chi connectivity index (χ3v) is 8.02. The quantitative estimate of drug-likeness (QED) is 0.281. The average Bonchev–Trinajstić information content (AvgIpc) is 2.92. The van der Waals surface area contributed by atoms with Crippen LogP contribution in [0.25, 0.3) is 0 Å². The number of ether oxygens (including phenoxy) is 5. The van der Waals surface area contributed by atoms with Crippen molar-refractivity contribution in [1.29, 1.82) is 0 Å². The number of aliphatic hydroxyl groups excluding tert-OH is 2. The zero-order valence-electron chi connectivity index (χ0n) is 22.8. The van der Waals surface area contributed by atoms with Gasteiger partial charge in [-0.1, -0.05) is 0 Å². The Morgan fingerprint density at radius 2 is 1.54 bits per heavy atom. The lowest BCUT2D eigenvalue weighted by atomic mass is 9.72. The molecule has 0 aromatic heterocycles. The zero-order valence-corrected chi connectivity index (χ0v) is 22.8. The molecule has 13 nitrogen and oxygen atoms in total. The van der Waals surface area contributed by atoms with Crippen LogP contribution in [0.1, 0.15) is 67.7 Å². The molecule has 1 fully saturated rings. The molecule has 0 bridgehead atoms. The van der Waals surface area contributed by atoms with E-state index in [0.29, 0.717) is 0 Å². The first-order chi connectivity index (χ1) is 19.3. The van der Waals surface area contributed by atoms with Gasteiger partial charge >= 0.3 is 0 Å². The van der Waals surface area contributed by atoms with Crippen molar-refractivity contribution < 1.29 is 63.6 Å². The van der Waals surface area contributed by atoms with Gasteiger partial charge in [0.1, 0.15) is 47.8 Å². The summed E-state index contributed by atoms with van der Waals surface area (Å²) in [6.07, 6.45) is -9.35. The first-order valence-electron chi connectivity index (χ1n) is 12.7. The highest BCUT2D eigenvalue weighted by Gasteiger charge is 2.56. The standard InChI is InChI=1S/C28H30O13/c1-9-18(30)22(34)24(38-4)27(40-9)41-23-17-13(25(35)28(2,36)26(23)39-5)8-12-16(21(17)33)20(32)15-11(19(12)31)6-10(37-3)7-14(15)29/h6-9,18,22-24,26-27,29-30,33-34,36H,1-5H3/t9-,18-,22-,23+,24-,26-,27-,28-/m0/s1. The first kappa shape index (κ1) is 29.1. The molecule has 5 rings (SSSR count). The number of phenols is 2. The average molecular weight is 575 g/mol. The fourth-order valence-electron chi connectivity index (χ4n) is 5.82. The number of phenolic OH excluding ortho intramolecular Hbond substituents is 2. The Labute approximate surface area is 233 Å². The summed E-state index contributed by atoms with van der Waals surface area (Å²) in [5, 5.41) is 54.2. The van der Waals surface area contributed by atoms with Gasteiger partial charge in [0.2, 0.25) is 5.78 Å². The molecule has 2 aromatic carbocycles. The molecular weight excluding hydrogens is 544 g/mol. The van der Waals surface area contributed by atoms with E-state index < -0.39 is 82.9 Å². The molecule has 0 radical (unpaired) electrons. The van der Waals surface area contributed by atoms with E-state index in [2.05, 4.69) is 0 Å². The van der Waals surface area contributed by atoms with Crippen LogP contribution >= 0.6 is 0 Å². The number of aromatic hydroxyl groups is 2. The lowest BCUT2D eigenvalue weighted by Gasteiger charge is -2.46. The number of rotatable bonds is 5. The SMILES string of the molecule is COc1cc(O)c2c(c1)C(=O)c1cc3c(c(O)c1C2=O)[C@@H](O[C@@H]1O[C@@H](C)[C@H](O)[C@H](O)[C@@H]1OC)[C@H](OC)[C@@](C)(O)C3=O. The van der Waals surface area contributed by atoms with Crippen molar-refractivity contribution in [2.24, 2.45) is 0 Å². The van der Waals surface area contributed by atoms with Gasteiger partial charge in [0.25, 0.3) is 0 Å². The third kappa shape index (κ3) is 4.15. The molecule has 8 atom stereocenters. The molecule has 0 saturated carbocycles. The van der Waals surface area contributed by atoms with Crippen LogP contribution in [-0.2, 0) is 18.9 Å². The van der Waals surface area contributed by atoms with Crippen LogP contribution in [0.15, 0.2) is 18.2 Å². The summed E-state index contributed by atoms with van der Waals surface area (Å²) in [7, 11) is 3.75. The van der Waals surface area contributed by atoms with Gasteiger partial charge in [-0.25, -0.2) is 0 Å². The molecular formula is C28H30O13. The van der Waals surface area contributed by atoms with E-state index in [4.69, 9.17) is 23.7 Å². The van der Waals surface area contributed by atoms with Crippen molar-refractivity contribution in [2.75, 3.05) is 21.3 Å². The molecule has 2 aromatic rings. The molecule has 5 N–H and O–H groups in total. The van der Waals surface area contributed by atoms with Crippen LogP contribution in [0, 0.1) is 0 Å². The van der Waals surface area contributed by atoms with Crippen molar-refractivity contribution >= 4 is 17.3 Å². The van der Waals surface area contributed by atoms with Crippen LogP contribution in [-0.4, -0.2) is 107 Å². The van der Waals surface area contributed by atoms with Crippen molar-refractivity contribution in [2.45, 2.75) is 62.4 Å². The van der Waals surface area contributed by atoms with Crippen LogP contribution in [0.4, 0.5) is 0 Å². The Bertz CT molecular complexity index is 1450. The number of hydrogen-bond acceptors (Lipinski definition) is 13. The second-order valence-corrected chi connectivity index (χ2v) is 10.4. The molecule has 1 saturated heterocycles. The number of carbonyl (C=O) groups is 3. The maximum absolute atomic E-state index is 13.6. The maximum Gasteiger partial charge on any atom is 0.201 e. The number of benzene rings is 2. The van der Waals surface area contributed by atoms with Gasteiger partial charge in [-0.15, -0.1) is 0 Å². The number of methoxy groups -OCH3 is 3. The van der Waals surface area contributed by atoms with Gasteiger partial charge in [-0.2, -0.15) is 0 Å². The molecule has 0 unspecified atom stereocenters. The molecule has 41 heavy (non-hydrogen) atoms. The molecule has 0 amide bonds. The Kier molecular flexibility index (Phi) is 7.19. The van der Waals surface area contributed by atoms with E-state index in [1.807, 2.05) is 0 Å². The molecule has 220 valence electrons. The molecule has 0 spiro atoms. The van der Waals surface area contributed by atoms with Crippen LogP contribution in [0.3, 0.4) is 0 Å². The van der Waals surface area contributed by atoms with E-state index in [1.165, 1.54) is 41.2 Å². The molecule has 1 aliphatic heterocycles. The smallest absolute Gasteiger partial charge is 0.201 e. The zero-order chi connectivity index (χ0) is 30.1. The Morgan fingerprint density at radius 3 is 2.15 bits per heavy atom. The maximum atomic E-state index is 13.6. The first-order valence-corrected chi connectivity index (χ1v) is 12.7. The van der Waals surface area contributed by atoms with Crippen LogP contribution in [0.2, 0.25) is 0 Å². The van der Waals surface area contributed by atoms with Crippen molar-refractivity contribution in [3.63, 3.8) is 0 Å². The summed E-state index contributed by atoms with van der Waals surface area (Å²) in [6, 6.07) is 3.48. The fourth-order valence-corrected chi connectivity index (χ4v) is 5.82. The topological polar surface area (TPSA) is 199 Å². The van der Waals surface area contributed by atoms with Gasteiger partial charge in [0.05, 0.1) is 24.3 Å². The number of carbonyl (C=O) groups excluding carboxylic acids is 3. The number of Topliss-reactive ketones (excluding diaryl/α,β-unsaturated/α-hetero) is 1. The minimum atomic E-state index is -2.25. The predicted molar refractivity (Wildman–Crippen MR) is 136 cm³/mol. The largest absolute Gasteiger partial charge is 0.507 e. The third-order valence-electron chi connectivity index (χ3n) is 8.02. The number of hydrogen-bond donors (Lipinski definition) is 5. The predicted octanol–water partition coefficient (Wildman–Crippen LogP) is 0.383. The van der Waals surface area contributed by atoms with Gasteiger partial charge in [0, 0.05) is 42.5 Å². The highest BCUT2D eigenvalue weighted by molar-refractivity contribution is 6.31. The summed E-state index contributed by atoms with van der Waals surface area (Å²) in [5.41, 5.74) is -4.24. The summed E-state index contributed by atoms with van der Waals surface area (Å²) >= 11 is 0. The van der Waals surface area contributed by atoms with Crippen molar-refractivity contribution in [3.05, 3.63) is 51.6 Å². The van der Waals surface area contributed by atoms with Crippen molar-refractivity contribution in [3.8, 4) is 17.2 Å². The summed E-state index contributed by atoms with van der Waals surface area (Å²) < 4.78 is 27.7. The second-order valence-electron chi connectivity index (χ2n) is 10.4. The summed E-state index contributed by atoms with van der Waals surface area (Å²) in [6.45, 7) is 2.65. The normalized spacial score (nSPS) is 32.8. The molecule has 2 aliphatic carbocycles. The minimum Gasteiger partial charge on any atom is -0.507 e. The lowest BCUT2D eigenvalue weighted by molar-refractivity contribution is -0.321. The Hall–Kier alpha value is -3.43. The lowest BCUT2D eigenvalue weighted by Crippen LogP contribution is -2.60. The van der Waals surface area contributed by atoms with E-state index in [0.717, 1.165) is 12.1 Å². The van der Waals surface area contributed by atoms with Crippen LogP contribution in [0.5, 0.6) is 17.2 Å². The second kappa shape index (κ2) is 10.1. The summed E-state index contributed by atoms with van der Waals surface area (Å²) in [4.78, 5) is 40.7. The Morgan fingerprint density at radius 1 is 0.878 bits per heavy atom. The van der Waals surface area contributed by atoms with E-state index in [1.54, 1.807) is 0 Å². The van der Waals surface area contributed by atoms with Gasteiger partial charge in [0.15, 0.2) is 23.5 Å². The molecule has 1 heterocycles. The molecule has 13 heteroatoms. The highest BCUT2D eigenvalue weighted by Crippen LogP contribution is 2.49. The van der Waals surface area contributed by atoms with Gasteiger partial charge in [-0.3, -0.25) is 14.4 Å². The highest BCUT2D eigenvalue weighted by atomic mass is 16.7. The van der Waals surface area contributed by atoms with E-state index >= 15 is 0 Å².